The van der Waals surface area contributed by atoms with Crippen molar-refractivity contribution in [2.45, 2.75) is 0 Å². The molecule has 2 nitrogen and oxygen atoms in total. The van der Waals surface area contributed by atoms with Gasteiger partial charge in [0.1, 0.15) is 23.4 Å². The predicted octanol–water partition coefficient (Wildman–Crippen LogP) is 4.57. The molecule has 2 aromatic carbocycles. The molecule has 0 spiro atoms. The summed E-state index contributed by atoms with van der Waals surface area (Å²) >= 11 is 0. The smallest absolute Gasteiger partial charge is 0.148 e. The molecule has 4 heteroatoms. The van der Waals surface area contributed by atoms with Gasteiger partial charge in [-0.15, -0.1) is 0 Å². The minimum absolute atomic E-state index is 0.102. The average molecular weight is 292 g/mol. The lowest BCUT2D eigenvalue weighted by Gasteiger charge is -2.09. The second-order valence-corrected chi connectivity index (χ2v) is 4.69. The first kappa shape index (κ1) is 13.9. The van der Waals surface area contributed by atoms with Crippen LogP contribution in [-0.2, 0) is 0 Å². The van der Waals surface area contributed by atoms with E-state index in [0.717, 1.165) is 0 Å². The van der Waals surface area contributed by atoms with E-state index in [0.29, 0.717) is 16.7 Å². The molecule has 3 aromatic rings. The van der Waals surface area contributed by atoms with Crippen molar-refractivity contribution in [3.05, 3.63) is 78.1 Å². The summed E-state index contributed by atoms with van der Waals surface area (Å²) in [6.07, 6.45) is 1.42. The van der Waals surface area contributed by atoms with E-state index < -0.39 is 11.6 Å². The first-order valence-corrected chi connectivity index (χ1v) is 6.60. The number of rotatable bonds is 2. The quantitative estimate of drug-likeness (QED) is 0.694. The van der Waals surface area contributed by atoms with Gasteiger partial charge >= 0.3 is 0 Å². The highest BCUT2D eigenvalue weighted by molar-refractivity contribution is 5.76. The van der Waals surface area contributed by atoms with Crippen molar-refractivity contribution in [2.75, 3.05) is 0 Å². The zero-order valence-corrected chi connectivity index (χ0v) is 11.4. The highest BCUT2D eigenvalue weighted by Crippen LogP contribution is 2.30. The van der Waals surface area contributed by atoms with Gasteiger partial charge in [0.05, 0.1) is 0 Å². The predicted molar refractivity (Wildman–Crippen MR) is 79.7 cm³/mol. The summed E-state index contributed by atoms with van der Waals surface area (Å²) in [4.78, 5) is 4.04. The van der Waals surface area contributed by atoms with Crippen LogP contribution in [0.3, 0.4) is 0 Å². The van der Waals surface area contributed by atoms with Crippen molar-refractivity contribution < 1.29 is 8.78 Å². The van der Waals surface area contributed by atoms with E-state index in [1.54, 1.807) is 42.5 Å². The van der Waals surface area contributed by atoms with Gasteiger partial charge in [-0.2, -0.15) is 5.26 Å². The van der Waals surface area contributed by atoms with Gasteiger partial charge in [-0.1, -0.05) is 36.4 Å². The Bertz CT molecular complexity index is 882. The molecule has 3 rings (SSSR count). The van der Waals surface area contributed by atoms with Crippen LogP contribution in [0.25, 0.3) is 22.3 Å². The number of nitrogens with zero attached hydrogens (tertiary/aromatic N) is 2. The van der Waals surface area contributed by atoms with Gasteiger partial charge in [0.25, 0.3) is 0 Å². The van der Waals surface area contributed by atoms with Crippen LogP contribution in [-0.4, -0.2) is 4.98 Å². The Kier molecular flexibility index (Phi) is 3.63. The second-order valence-electron chi connectivity index (χ2n) is 4.69. The molecule has 0 fully saturated rings. The lowest BCUT2D eigenvalue weighted by molar-refractivity contribution is 0.631. The van der Waals surface area contributed by atoms with E-state index in [2.05, 4.69) is 4.98 Å². The van der Waals surface area contributed by atoms with E-state index in [1.165, 1.54) is 18.3 Å². The zero-order chi connectivity index (χ0) is 15.5. The number of hydrogen-bond donors (Lipinski definition) is 0. The van der Waals surface area contributed by atoms with Crippen LogP contribution in [0.15, 0.2) is 60.8 Å². The maximum Gasteiger partial charge on any atom is 0.148 e. The highest BCUT2D eigenvalue weighted by Gasteiger charge is 2.13. The van der Waals surface area contributed by atoms with Gasteiger partial charge in [0, 0.05) is 28.5 Å². The molecule has 106 valence electrons. The second kappa shape index (κ2) is 5.74. The summed E-state index contributed by atoms with van der Waals surface area (Å²) in [5.74, 6) is -0.847. The first-order valence-electron chi connectivity index (χ1n) is 6.60. The van der Waals surface area contributed by atoms with Crippen molar-refractivity contribution in [1.82, 2.24) is 4.98 Å². The number of hydrogen-bond acceptors (Lipinski definition) is 2. The standard InChI is InChI=1S/C18H10F2N2/c19-16-7-3-1-5-13(16)12-9-15(18(10-21)22-11-12)14-6-2-4-8-17(14)20/h1-9,11H. The normalized spacial score (nSPS) is 10.2. The Labute approximate surface area is 126 Å². The van der Waals surface area contributed by atoms with Gasteiger partial charge < -0.3 is 0 Å². The van der Waals surface area contributed by atoms with E-state index in [9.17, 15) is 14.0 Å². The van der Waals surface area contributed by atoms with E-state index >= 15 is 0 Å². The third-order valence-electron chi connectivity index (χ3n) is 3.34. The Hall–Kier alpha value is -3.06. The van der Waals surface area contributed by atoms with Crippen molar-refractivity contribution in [2.24, 2.45) is 0 Å². The van der Waals surface area contributed by atoms with Crippen LogP contribution >= 0.6 is 0 Å². The molecule has 0 amide bonds. The Morgan fingerprint density at radius 2 is 1.41 bits per heavy atom. The highest BCUT2D eigenvalue weighted by atomic mass is 19.1. The molecule has 0 aliphatic rings. The van der Waals surface area contributed by atoms with Crippen molar-refractivity contribution in [1.29, 1.82) is 5.26 Å². The van der Waals surface area contributed by atoms with Crippen LogP contribution in [0, 0.1) is 23.0 Å². The van der Waals surface area contributed by atoms with Crippen molar-refractivity contribution >= 4 is 0 Å². The molecule has 0 N–H and O–H groups in total. The molecular formula is C18H10F2N2. The molecule has 0 bridgehead atoms. The average Bonchev–Trinajstić information content (AvgIpc) is 2.55. The molecule has 0 unspecified atom stereocenters. The van der Waals surface area contributed by atoms with Gasteiger partial charge in [0.15, 0.2) is 0 Å². The summed E-state index contributed by atoms with van der Waals surface area (Å²) in [7, 11) is 0. The summed E-state index contributed by atoms with van der Waals surface area (Å²) in [6, 6.07) is 15.9. The van der Waals surface area contributed by atoms with Crippen molar-refractivity contribution in [3.63, 3.8) is 0 Å². The number of halogens is 2. The third-order valence-corrected chi connectivity index (χ3v) is 3.34. The van der Waals surface area contributed by atoms with Crippen LogP contribution < -0.4 is 0 Å². The fourth-order valence-corrected chi connectivity index (χ4v) is 2.28. The molecule has 1 heterocycles. The van der Waals surface area contributed by atoms with Crippen LogP contribution in [0.1, 0.15) is 5.69 Å². The molecule has 0 saturated heterocycles. The minimum Gasteiger partial charge on any atom is -0.244 e. The Morgan fingerprint density at radius 3 is 2.00 bits per heavy atom. The molecule has 0 atom stereocenters. The molecule has 22 heavy (non-hydrogen) atoms. The van der Waals surface area contributed by atoms with Crippen molar-refractivity contribution in [3.8, 4) is 28.3 Å². The van der Waals surface area contributed by atoms with Crippen LogP contribution in [0.5, 0.6) is 0 Å². The van der Waals surface area contributed by atoms with Crippen LogP contribution in [0.4, 0.5) is 8.78 Å². The third kappa shape index (κ3) is 2.45. The van der Waals surface area contributed by atoms with Gasteiger partial charge in [-0.25, -0.2) is 13.8 Å². The Morgan fingerprint density at radius 1 is 0.818 bits per heavy atom. The molecule has 0 aliphatic heterocycles. The van der Waals surface area contributed by atoms with Crippen LogP contribution in [0.2, 0.25) is 0 Å². The van der Waals surface area contributed by atoms with Gasteiger partial charge in [0.2, 0.25) is 0 Å². The molecule has 0 aliphatic carbocycles. The topological polar surface area (TPSA) is 36.7 Å². The van der Waals surface area contributed by atoms with E-state index in [-0.39, 0.29) is 11.3 Å². The van der Waals surface area contributed by atoms with E-state index in [4.69, 9.17) is 0 Å². The SMILES string of the molecule is N#Cc1ncc(-c2ccccc2F)cc1-c1ccccc1F. The maximum absolute atomic E-state index is 14.0. The molecular weight excluding hydrogens is 282 g/mol. The lowest BCUT2D eigenvalue weighted by atomic mass is 9.99. The summed E-state index contributed by atoms with van der Waals surface area (Å²) < 4.78 is 27.9. The lowest BCUT2D eigenvalue weighted by Crippen LogP contribution is -1.94. The summed E-state index contributed by atoms with van der Waals surface area (Å²) in [5, 5.41) is 9.18. The first-order chi connectivity index (χ1) is 10.7. The molecule has 0 radical (unpaired) electrons. The molecule has 0 saturated carbocycles. The number of aromatic nitrogens is 1. The zero-order valence-electron chi connectivity index (χ0n) is 11.4. The number of pyridine rings is 1. The van der Waals surface area contributed by atoms with Gasteiger partial charge in [-0.3, -0.25) is 0 Å². The fourth-order valence-electron chi connectivity index (χ4n) is 2.28. The monoisotopic (exact) mass is 292 g/mol. The largest absolute Gasteiger partial charge is 0.244 e. The van der Waals surface area contributed by atoms with E-state index in [1.807, 2.05) is 6.07 Å². The fraction of sp³-hybridized carbons (Fsp3) is 0. The molecule has 1 aromatic heterocycles. The number of benzene rings is 2. The number of nitriles is 1. The summed E-state index contributed by atoms with van der Waals surface area (Å²) in [5.41, 5.74) is 1.57. The summed E-state index contributed by atoms with van der Waals surface area (Å²) in [6.45, 7) is 0. The maximum atomic E-state index is 14.0. The Balaban J connectivity index is 2.23. The minimum atomic E-state index is -0.452. The van der Waals surface area contributed by atoms with Gasteiger partial charge in [-0.05, 0) is 18.2 Å².